The van der Waals surface area contributed by atoms with Gasteiger partial charge in [0.15, 0.2) is 0 Å². The van der Waals surface area contributed by atoms with Gasteiger partial charge in [-0.3, -0.25) is 0 Å². The van der Waals surface area contributed by atoms with Crippen LogP contribution < -0.4 is 0 Å². The topological polar surface area (TPSA) is 0 Å². The summed E-state index contributed by atoms with van der Waals surface area (Å²) in [5.74, 6) is 0. The molecule has 0 saturated carbocycles. The summed E-state index contributed by atoms with van der Waals surface area (Å²) in [5.41, 5.74) is 0. The molecule has 0 atom stereocenters. The summed E-state index contributed by atoms with van der Waals surface area (Å²) < 4.78 is 0. The third-order valence-corrected chi connectivity index (χ3v) is 8.08. The van der Waals surface area contributed by atoms with E-state index in [0.717, 1.165) is 29.4 Å². The van der Waals surface area contributed by atoms with Crippen LogP contribution in [0.2, 0.25) is 0 Å². The summed E-state index contributed by atoms with van der Waals surface area (Å²) in [6, 6.07) is 0. The molecule has 1 aromatic rings. The van der Waals surface area contributed by atoms with E-state index in [0.29, 0.717) is 0 Å². The van der Waals surface area contributed by atoms with E-state index in [1.54, 1.807) is 70.6 Å². The van der Waals surface area contributed by atoms with E-state index in [1.807, 2.05) is 32.4 Å². The zero-order valence-corrected chi connectivity index (χ0v) is 18.1. The first-order valence-corrected chi connectivity index (χ1v) is 11.9. The smallest absolute Gasteiger partial charge is 0.0418 e. The molecule has 0 spiro atoms. The highest BCUT2D eigenvalue weighted by atomic mass is 32.2. The van der Waals surface area contributed by atoms with Crippen LogP contribution in [0.25, 0.3) is 0 Å². The second kappa shape index (κ2) is 12.2. The van der Waals surface area contributed by atoms with Crippen LogP contribution in [0.4, 0.5) is 0 Å². The monoisotopic (exact) mass is 426 g/mol. The summed E-state index contributed by atoms with van der Waals surface area (Å²) in [4.78, 5) is 6.93. The van der Waals surface area contributed by atoms with Gasteiger partial charge in [-0.15, -0.1) is 0 Å². The van der Waals surface area contributed by atoms with Crippen LogP contribution in [0.3, 0.4) is 0 Å². The van der Waals surface area contributed by atoms with Crippen LogP contribution >= 0.6 is 70.6 Å². The molecule has 0 aliphatic heterocycles. The molecule has 0 bridgehead atoms. The van der Waals surface area contributed by atoms with Crippen molar-refractivity contribution >= 4 is 70.6 Å². The van der Waals surface area contributed by atoms with E-state index in [2.05, 4.69) is 39.5 Å². The molecule has 6 heteroatoms. The van der Waals surface area contributed by atoms with Crippen LogP contribution in [-0.4, -0.2) is 0 Å². The Morgan fingerprint density at radius 2 is 0.458 bits per heavy atom. The van der Waals surface area contributed by atoms with E-state index < -0.39 is 0 Å². The van der Waals surface area contributed by atoms with E-state index in [-0.39, 0.29) is 0 Å². The predicted molar refractivity (Wildman–Crippen MR) is 123 cm³/mol. The van der Waals surface area contributed by atoms with Crippen molar-refractivity contribution < 1.29 is 0 Å². The minimum Gasteiger partial charge on any atom is -0.0962 e. The van der Waals surface area contributed by atoms with Gasteiger partial charge < -0.3 is 0 Å². The van der Waals surface area contributed by atoms with Gasteiger partial charge in [-0.05, 0) is 32.4 Å². The molecule has 0 aromatic heterocycles. The maximum absolute atomic E-state index is 3.89. The third kappa shape index (κ3) is 5.38. The Kier molecular flexibility index (Phi) is 11.1. The molecule has 1 rings (SSSR count). The third-order valence-electron chi connectivity index (χ3n) is 2.44. The minimum atomic E-state index is 1.15. The van der Waals surface area contributed by atoms with Gasteiger partial charge in [0.2, 0.25) is 0 Å². The van der Waals surface area contributed by atoms with Crippen molar-refractivity contribution in [2.75, 3.05) is 0 Å². The first-order chi connectivity index (χ1) is 11.7. The van der Waals surface area contributed by atoms with Crippen molar-refractivity contribution in [1.82, 2.24) is 0 Å². The van der Waals surface area contributed by atoms with E-state index in [1.165, 1.54) is 0 Å². The van der Waals surface area contributed by atoms with Crippen molar-refractivity contribution in [1.29, 1.82) is 0 Å². The lowest BCUT2D eigenvalue weighted by atomic mass is 10.3. The lowest BCUT2D eigenvalue weighted by molar-refractivity contribution is 0.883. The van der Waals surface area contributed by atoms with Crippen molar-refractivity contribution in [2.24, 2.45) is 0 Å². The van der Waals surface area contributed by atoms with Gasteiger partial charge >= 0.3 is 0 Å². The lowest BCUT2D eigenvalue weighted by Gasteiger charge is -2.21. The van der Waals surface area contributed by atoms with Gasteiger partial charge in [0.25, 0.3) is 0 Å². The lowest BCUT2D eigenvalue weighted by Crippen LogP contribution is -1.93. The highest BCUT2D eigenvalue weighted by molar-refractivity contribution is 8.09. The van der Waals surface area contributed by atoms with E-state index >= 15 is 0 Å². The zero-order chi connectivity index (χ0) is 17.9. The first-order valence-electron chi connectivity index (χ1n) is 6.59. The van der Waals surface area contributed by atoms with Gasteiger partial charge in [-0.1, -0.05) is 110 Å². The molecular weight excluding hydrogens is 409 g/mol. The molecule has 0 radical (unpaired) electrons. The molecule has 0 unspecified atom stereocenters. The Morgan fingerprint density at radius 3 is 0.542 bits per heavy atom. The van der Waals surface area contributed by atoms with Gasteiger partial charge in [0.05, 0.1) is 0 Å². The average Bonchev–Trinajstić information content (AvgIpc) is 2.57. The first kappa shape index (κ1) is 21.8. The van der Waals surface area contributed by atoms with Crippen molar-refractivity contribution in [2.45, 2.75) is 29.4 Å². The fraction of sp³-hybridized carbons (Fsp3) is 0. The van der Waals surface area contributed by atoms with Gasteiger partial charge in [-0.2, -0.15) is 0 Å². The summed E-state index contributed by atoms with van der Waals surface area (Å²) >= 11 is 9.67. The number of rotatable bonds is 12. The molecule has 0 fully saturated rings. The molecule has 0 heterocycles. The fourth-order valence-electron chi connectivity index (χ4n) is 1.76. The fourth-order valence-corrected chi connectivity index (χ4v) is 7.39. The Morgan fingerprint density at radius 1 is 0.333 bits per heavy atom. The number of hydrogen-bond acceptors (Lipinski definition) is 6. The molecule has 0 amide bonds. The highest BCUT2D eigenvalue weighted by Gasteiger charge is 2.23. The summed E-state index contributed by atoms with van der Waals surface area (Å²) in [7, 11) is 0. The van der Waals surface area contributed by atoms with Gasteiger partial charge in [-0.25, -0.2) is 0 Å². The van der Waals surface area contributed by atoms with Crippen LogP contribution in [0.15, 0.2) is 101 Å². The number of hydrogen-bond donors (Lipinski definition) is 0. The van der Waals surface area contributed by atoms with Crippen LogP contribution in [0, 0.1) is 0 Å². The molecule has 0 N–H and O–H groups in total. The quantitative estimate of drug-likeness (QED) is 0.303. The van der Waals surface area contributed by atoms with E-state index in [4.69, 9.17) is 0 Å². The van der Waals surface area contributed by atoms with E-state index in [9.17, 15) is 0 Å². The second-order valence-corrected chi connectivity index (χ2v) is 9.55. The molecule has 1 aromatic carbocycles. The maximum atomic E-state index is 3.89. The Bertz CT molecular complexity index is 493. The molecule has 24 heavy (non-hydrogen) atoms. The average molecular weight is 427 g/mol. The highest BCUT2D eigenvalue weighted by Crippen LogP contribution is 2.54. The standard InChI is InChI=1S/C18H18S6/c1-7-19-13-14(20-8-2)16(22-10-4)18(24-12-6)17(23-11-5)15(13)21-9-3/h7-12H,1-6H2. The SMILES string of the molecule is C=CSc1c(SC=C)c(SC=C)c(SC=C)c(SC=C)c1SC=C. The van der Waals surface area contributed by atoms with Gasteiger partial charge in [0.1, 0.15) is 0 Å². The van der Waals surface area contributed by atoms with Crippen LogP contribution in [0.1, 0.15) is 0 Å². The normalized spacial score (nSPS) is 10.0. The van der Waals surface area contributed by atoms with Crippen LogP contribution in [0.5, 0.6) is 0 Å². The van der Waals surface area contributed by atoms with Crippen LogP contribution in [-0.2, 0) is 0 Å². The zero-order valence-electron chi connectivity index (χ0n) is 13.2. The molecule has 126 valence electrons. The molecule has 0 aliphatic carbocycles. The predicted octanol–water partition coefficient (Wildman–Crippen LogP) is 9.10. The summed E-state index contributed by atoms with van der Waals surface area (Å²) in [5, 5.41) is 11.1. The second-order valence-electron chi connectivity index (χ2n) is 3.68. The van der Waals surface area contributed by atoms with Crippen molar-refractivity contribution in [3.63, 3.8) is 0 Å². The Balaban J connectivity index is 3.93. The van der Waals surface area contributed by atoms with Crippen molar-refractivity contribution in [3.8, 4) is 0 Å². The number of benzene rings is 1. The number of thioether (sulfide) groups is 6. The molecule has 0 aliphatic rings. The minimum absolute atomic E-state index is 1.15. The maximum Gasteiger partial charge on any atom is 0.0418 e. The summed E-state index contributed by atoms with van der Waals surface area (Å²) in [6.07, 6.45) is 0. The molecular formula is C18H18S6. The van der Waals surface area contributed by atoms with Crippen molar-refractivity contribution in [3.05, 3.63) is 71.9 Å². The largest absolute Gasteiger partial charge is 0.0962 e. The summed E-state index contributed by atoms with van der Waals surface area (Å²) in [6.45, 7) is 23.3. The molecule has 0 saturated heterocycles. The Hall–Kier alpha value is -0.240. The Labute approximate surface area is 170 Å². The molecule has 0 nitrogen and oxygen atoms in total. The van der Waals surface area contributed by atoms with Gasteiger partial charge in [0, 0.05) is 29.4 Å².